The van der Waals surface area contributed by atoms with E-state index in [1.807, 2.05) is 52.0 Å². The Morgan fingerprint density at radius 1 is 1.32 bits per heavy atom. The van der Waals surface area contributed by atoms with Crippen LogP contribution in [0.5, 0.6) is 0 Å². The number of aliphatic carboxylic acids is 1. The molecule has 0 saturated heterocycles. The lowest BCUT2D eigenvalue weighted by molar-refractivity contribution is -0.143. The molecule has 0 amide bonds. The lowest BCUT2D eigenvalue weighted by Gasteiger charge is -2.28. The number of hydrogen-bond acceptors (Lipinski definition) is 2. The third kappa shape index (κ3) is 5.03. The van der Waals surface area contributed by atoms with Crippen LogP contribution in [0, 0.1) is 18.3 Å². The molecule has 3 nitrogen and oxygen atoms in total. The lowest BCUT2D eigenvalue weighted by Crippen LogP contribution is -2.31. The van der Waals surface area contributed by atoms with Gasteiger partial charge in [-0.3, -0.25) is 4.79 Å². The molecule has 0 radical (unpaired) electrons. The van der Waals surface area contributed by atoms with Crippen molar-refractivity contribution in [2.24, 2.45) is 11.3 Å². The van der Waals surface area contributed by atoms with Crippen molar-refractivity contribution in [3.05, 3.63) is 35.4 Å². The van der Waals surface area contributed by atoms with E-state index in [9.17, 15) is 15.0 Å². The average Bonchev–Trinajstić information content (AvgIpc) is 2.26. The molecule has 1 aromatic carbocycles. The average molecular weight is 264 g/mol. The van der Waals surface area contributed by atoms with Crippen LogP contribution in [0.3, 0.4) is 0 Å². The van der Waals surface area contributed by atoms with Crippen molar-refractivity contribution < 1.29 is 15.0 Å². The Bertz CT molecular complexity index is 432. The van der Waals surface area contributed by atoms with Gasteiger partial charge in [-0.1, -0.05) is 50.6 Å². The van der Waals surface area contributed by atoms with Crippen molar-refractivity contribution in [2.45, 2.75) is 46.6 Å². The number of rotatable bonds is 5. The van der Waals surface area contributed by atoms with E-state index in [1.165, 1.54) is 0 Å². The van der Waals surface area contributed by atoms with Gasteiger partial charge >= 0.3 is 5.97 Å². The van der Waals surface area contributed by atoms with Gasteiger partial charge in [0.2, 0.25) is 0 Å². The van der Waals surface area contributed by atoms with Gasteiger partial charge in [0, 0.05) is 0 Å². The maximum absolute atomic E-state index is 11.3. The fraction of sp³-hybridized carbons (Fsp3) is 0.562. The molecule has 0 aliphatic heterocycles. The van der Waals surface area contributed by atoms with Gasteiger partial charge in [-0.05, 0) is 30.7 Å². The van der Waals surface area contributed by atoms with Gasteiger partial charge in [-0.25, -0.2) is 0 Å². The monoisotopic (exact) mass is 264 g/mol. The number of aliphatic hydroxyl groups is 1. The highest BCUT2D eigenvalue weighted by Crippen LogP contribution is 2.26. The Balaban J connectivity index is 2.77. The summed E-state index contributed by atoms with van der Waals surface area (Å²) in [6, 6.07) is 7.86. The molecule has 0 fully saturated rings. The molecule has 0 aliphatic carbocycles. The Hall–Kier alpha value is -1.35. The molecule has 0 heterocycles. The zero-order valence-electron chi connectivity index (χ0n) is 12.2. The molecule has 0 aliphatic rings. The maximum atomic E-state index is 11.3. The van der Waals surface area contributed by atoms with E-state index in [1.54, 1.807) is 0 Å². The highest BCUT2D eigenvalue weighted by Gasteiger charge is 2.28. The summed E-state index contributed by atoms with van der Waals surface area (Å²) in [4.78, 5) is 11.3. The second kappa shape index (κ2) is 6.20. The van der Waals surface area contributed by atoms with Crippen molar-refractivity contribution in [3.8, 4) is 0 Å². The van der Waals surface area contributed by atoms with E-state index >= 15 is 0 Å². The van der Waals surface area contributed by atoms with Gasteiger partial charge in [0.05, 0.1) is 12.0 Å². The highest BCUT2D eigenvalue weighted by molar-refractivity contribution is 5.70. The number of aliphatic hydroxyl groups excluding tert-OH is 1. The van der Waals surface area contributed by atoms with E-state index in [0.717, 1.165) is 11.1 Å². The lowest BCUT2D eigenvalue weighted by atomic mass is 9.82. The van der Waals surface area contributed by atoms with Gasteiger partial charge < -0.3 is 10.2 Å². The molecule has 0 saturated carbocycles. The zero-order valence-corrected chi connectivity index (χ0v) is 12.2. The van der Waals surface area contributed by atoms with E-state index in [-0.39, 0.29) is 11.8 Å². The van der Waals surface area contributed by atoms with Crippen molar-refractivity contribution in [1.29, 1.82) is 0 Å². The molecule has 1 aromatic rings. The van der Waals surface area contributed by atoms with Crippen LogP contribution in [-0.4, -0.2) is 22.3 Å². The molecule has 0 spiro atoms. The van der Waals surface area contributed by atoms with Gasteiger partial charge in [-0.15, -0.1) is 0 Å². The third-order valence-electron chi connectivity index (χ3n) is 3.42. The van der Waals surface area contributed by atoms with Crippen LogP contribution < -0.4 is 0 Å². The SMILES string of the molecule is Cc1cccc(CC(CC(O)C(C)(C)C)C(=O)O)c1. The van der Waals surface area contributed by atoms with Gasteiger partial charge in [-0.2, -0.15) is 0 Å². The summed E-state index contributed by atoms with van der Waals surface area (Å²) < 4.78 is 0. The Labute approximate surface area is 115 Å². The predicted molar refractivity (Wildman–Crippen MR) is 76.1 cm³/mol. The van der Waals surface area contributed by atoms with Gasteiger partial charge in [0.1, 0.15) is 0 Å². The van der Waals surface area contributed by atoms with E-state index in [0.29, 0.717) is 6.42 Å². The number of carboxylic acid groups (broad SMARTS) is 1. The van der Waals surface area contributed by atoms with Crippen molar-refractivity contribution >= 4 is 5.97 Å². The molecule has 19 heavy (non-hydrogen) atoms. The van der Waals surface area contributed by atoms with E-state index in [2.05, 4.69) is 0 Å². The molecular formula is C16H24O3. The summed E-state index contributed by atoms with van der Waals surface area (Å²) in [6.07, 6.45) is 0.134. The van der Waals surface area contributed by atoms with Crippen LogP contribution in [0.25, 0.3) is 0 Å². The number of benzene rings is 1. The number of carboxylic acids is 1. The fourth-order valence-electron chi connectivity index (χ4n) is 2.02. The van der Waals surface area contributed by atoms with Crippen molar-refractivity contribution in [1.82, 2.24) is 0 Å². The van der Waals surface area contributed by atoms with Crippen LogP contribution in [0.4, 0.5) is 0 Å². The minimum absolute atomic E-state index is 0.284. The van der Waals surface area contributed by atoms with E-state index in [4.69, 9.17) is 0 Å². The van der Waals surface area contributed by atoms with Crippen LogP contribution in [0.15, 0.2) is 24.3 Å². The normalized spacial score (nSPS) is 15.0. The Morgan fingerprint density at radius 3 is 2.42 bits per heavy atom. The molecule has 106 valence electrons. The van der Waals surface area contributed by atoms with Crippen molar-refractivity contribution in [3.63, 3.8) is 0 Å². The highest BCUT2D eigenvalue weighted by atomic mass is 16.4. The molecule has 0 bridgehead atoms. The van der Waals surface area contributed by atoms with Crippen LogP contribution in [0.2, 0.25) is 0 Å². The van der Waals surface area contributed by atoms with Crippen molar-refractivity contribution in [2.75, 3.05) is 0 Å². The second-order valence-electron chi connectivity index (χ2n) is 6.35. The van der Waals surface area contributed by atoms with Gasteiger partial charge in [0.15, 0.2) is 0 Å². The van der Waals surface area contributed by atoms with Crippen LogP contribution in [0.1, 0.15) is 38.3 Å². The standard InChI is InChI=1S/C16H24O3/c1-11-6-5-7-12(8-11)9-13(15(18)19)10-14(17)16(2,3)4/h5-8,13-14,17H,9-10H2,1-4H3,(H,18,19). The molecule has 0 aromatic heterocycles. The first-order chi connectivity index (χ1) is 8.70. The quantitative estimate of drug-likeness (QED) is 0.859. The summed E-state index contributed by atoms with van der Waals surface area (Å²) in [6.45, 7) is 7.75. The van der Waals surface area contributed by atoms with Crippen LogP contribution in [-0.2, 0) is 11.2 Å². The Morgan fingerprint density at radius 2 is 1.95 bits per heavy atom. The first-order valence-corrected chi connectivity index (χ1v) is 6.66. The largest absolute Gasteiger partial charge is 0.481 e. The van der Waals surface area contributed by atoms with E-state index < -0.39 is 18.0 Å². The summed E-state index contributed by atoms with van der Waals surface area (Å²) >= 11 is 0. The minimum Gasteiger partial charge on any atom is -0.481 e. The molecular weight excluding hydrogens is 240 g/mol. The predicted octanol–water partition coefficient (Wildman–Crippen LogP) is 3.04. The maximum Gasteiger partial charge on any atom is 0.306 e. The summed E-state index contributed by atoms with van der Waals surface area (Å²) in [5.74, 6) is -1.39. The first kappa shape index (κ1) is 15.7. The number of carbonyl (C=O) groups is 1. The fourth-order valence-corrected chi connectivity index (χ4v) is 2.02. The van der Waals surface area contributed by atoms with Crippen LogP contribution >= 0.6 is 0 Å². The van der Waals surface area contributed by atoms with Gasteiger partial charge in [0.25, 0.3) is 0 Å². The zero-order chi connectivity index (χ0) is 14.6. The molecule has 2 atom stereocenters. The number of aryl methyl sites for hydroxylation is 1. The molecule has 2 unspecified atom stereocenters. The molecule has 2 N–H and O–H groups in total. The minimum atomic E-state index is -0.843. The third-order valence-corrected chi connectivity index (χ3v) is 3.42. The Kier molecular flexibility index (Phi) is 5.12. The topological polar surface area (TPSA) is 57.5 Å². The second-order valence-corrected chi connectivity index (χ2v) is 6.35. The summed E-state index contributed by atoms with van der Waals surface area (Å²) in [5.41, 5.74) is 1.84. The smallest absolute Gasteiger partial charge is 0.306 e. The molecule has 3 heteroatoms. The summed E-state index contributed by atoms with van der Waals surface area (Å²) in [7, 11) is 0. The number of hydrogen-bond donors (Lipinski definition) is 2. The first-order valence-electron chi connectivity index (χ1n) is 6.66. The summed E-state index contributed by atoms with van der Waals surface area (Å²) in [5, 5.41) is 19.4. The molecule has 1 rings (SSSR count).